The monoisotopic (exact) mass is 399 g/mol. The second-order valence-corrected chi connectivity index (χ2v) is 14.8. The van der Waals surface area contributed by atoms with Gasteiger partial charge in [0.25, 0.3) is 0 Å². The molecule has 0 spiro atoms. The van der Waals surface area contributed by atoms with Gasteiger partial charge in [0, 0.05) is 26.4 Å². The summed E-state index contributed by atoms with van der Waals surface area (Å²) in [6.07, 6.45) is 0. The first-order chi connectivity index (χ1) is 12.1. The second kappa shape index (κ2) is 12.8. The first-order valence-corrected chi connectivity index (χ1v) is 14.1. The van der Waals surface area contributed by atoms with Crippen LogP contribution in [0.4, 0.5) is 0 Å². The Hall–Kier alpha value is -0.506. The smallest absolute Gasteiger partial charge is 0.376 e. The van der Waals surface area contributed by atoms with E-state index in [1.807, 2.05) is 20.8 Å². The maximum Gasteiger partial charge on any atom is 0.484 e. The lowest BCUT2D eigenvalue weighted by Gasteiger charge is -2.44. The molecule has 0 aliphatic rings. The van der Waals surface area contributed by atoms with Gasteiger partial charge in [-0.15, -0.1) is 0 Å². The molecule has 6 heteroatoms. The molecule has 0 atom stereocenters. The van der Waals surface area contributed by atoms with Crippen molar-refractivity contribution >= 4 is 17.8 Å². The Morgan fingerprint density at radius 2 is 1.31 bits per heavy atom. The van der Waals surface area contributed by atoms with E-state index in [0.29, 0.717) is 24.9 Å². The van der Waals surface area contributed by atoms with Gasteiger partial charge < -0.3 is 17.8 Å². The van der Waals surface area contributed by atoms with Crippen LogP contribution in [0.2, 0.25) is 18.1 Å². The van der Waals surface area contributed by atoms with Crippen molar-refractivity contribution < 1.29 is 13.3 Å². The summed E-state index contributed by atoms with van der Waals surface area (Å²) in [7, 11) is -0.823. The zero-order chi connectivity index (χ0) is 20.2. The molecule has 0 aliphatic heterocycles. The van der Waals surface area contributed by atoms with Gasteiger partial charge >= 0.3 is 9.53 Å². The van der Waals surface area contributed by atoms with E-state index in [-0.39, 0.29) is 0 Å². The third kappa shape index (κ3) is 9.44. The zero-order valence-electron chi connectivity index (χ0n) is 18.5. The number of rotatable bonds is 9. The molecule has 0 aromatic heterocycles. The van der Waals surface area contributed by atoms with Crippen molar-refractivity contribution in [2.75, 3.05) is 26.9 Å². The Kier molecular flexibility index (Phi) is 12.6. The highest BCUT2D eigenvalue weighted by Crippen LogP contribution is 2.38. The number of hydrogen-bond donors (Lipinski definition) is 0. The maximum atomic E-state index is 5.22. The lowest BCUT2D eigenvalue weighted by atomic mass is 10.2. The van der Waals surface area contributed by atoms with Crippen molar-refractivity contribution in [1.29, 1.82) is 0 Å². The maximum absolute atomic E-state index is 5.22. The van der Waals surface area contributed by atoms with Crippen LogP contribution in [0.15, 0.2) is 30.3 Å². The Morgan fingerprint density at radius 3 is 1.65 bits per heavy atom. The highest BCUT2D eigenvalue weighted by Gasteiger charge is 2.38. The SMILES string of the molecule is CCO[SiH](OCC)OCC.CN(Cc1ccccc1)[Si](C)(C)C(C)(C)C. The Morgan fingerprint density at radius 1 is 0.885 bits per heavy atom. The van der Waals surface area contributed by atoms with E-state index in [4.69, 9.17) is 13.3 Å². The molecule has 0 saturated heterocycles. The van der Waals surface area contributed by atoms with E-state index >= 15 is 0 Å². The van der Waals surface area contributed by atoms with Crippen molar-refractivity contribution in [3.8, 4) is 0 Å². The van der Waals surface area contributed by atoms with Gasteiger partial charge in [-0.05, 0) is 38.4 Å². The standard InChI is InChI=1S/C14H25NSi.C6H16O3Si/c1-14(2,3)16(5,6)15(4)12-13-10-8-7-9-11-13;1-4-7-10(8-5-2)9-6-3/h7-11H,12H2,1-6H3;10H,4-6H2,1-3H3. The molecule has 0 bridgehead atoms. The average Bonchev–Trinajstić information content (AvgIpc) is 2.56. The van der Waals surface area contributed by atoms with Crippen LogP contribution >= 0.6 is 0 Å². The van der Waals surface area contributed by atoms with Gasteiger partial charge in [-0.3, -0.25) is 0 Å². The summed E-state index contributed by atoms with van der Waals surface area (Å²) in [4.78, 5) is 0. The van der Waals surface area contributed by atoms with Crippen LogP contribution in [0.5, 0.6) is 0 Å². The number of nitrogens with zero attached hydrogens (tertiary/aromatic N) is 1. The zero-order valence-corrected chi connectivity index (χ0v) is 20.6. The minimum absolute atomic E-state index is 0.413. The van der Waals surface area contributed by atoms with E-state index < -0.39 is 17.8 Å². The Labute approximate surface area is 164 Å². The number of hydrogen-bond acceptors (Lipinski definition) is 4. The Balaban J connectivity index is 0.000000541. The van der Waals surface area contributed by atoms with Gasteiger partial charge in [0.15, 0.2) is 0 Å². The topological polar surface area (TPSA) is 30.9 Å². The summed E-state index contributed by atoms with van der Waals surface area (Å²) in [5, 5.41) is 0.413. The molecule has 0 fully saturated rings. The molecular formula is C20H41NO3Si2. The summed E-state index contributed by atoms with van der Waals surface area (Å²) in [5.74, 6) is 0. The summed E-state index contributed by atoms with van der Waals surface area (Å²) in [6.45, 7) is 20.9. The molecular weight excluding hydrogens is 358 g/mol. The highest BCUT2D eigenvalue weighted by molar-refractivity contribution is 6.77. The van der Waals surface area contributed by atoms with Crippen LogP contribution < -0.4 is 0 Å². The third-order valence-corrected chi connectivity index (χ3v) is 12.5. The minimum Gasteiger partial charge on any atom is -0.376 e. The molecule has 0 aliphatic carbocycles. The summed E-state index contributed by atoms with van der Waals surface area (Å²) < 4.78 is 18.2. The van der Waals surface area contributed by atoms with Gasteiger partial charge in [0.05, 0.1) is 0 Å². The number of benzene rings is 1. The molecule has 0 radical (unpaired) electrons. The van der Waals surface area contributed by atoms with Crippen molar-refractivity contribution in [2.24, 2.45) is 0 Å². The highest BCUT2D eigenvalue weighted by atomic mass is 28.3. The van der Waals surface area contributed by atoms with Gasteiger partial charge in [-0.1, -0.05) is 64.2 Å². The van der Waals surface area contributed by atoms with Crippen LogP contribution in [-0.2, 0) is 19.8 Å². The van der Waals surface area contributed by atoms with Crippen LogP contribution in [0.1, 0.15) is 47.1 Å². The van der Waals surface area contributed by atoms with Crippen molar-refractivity contribution in [3.63, 3.8) is 0 Å². The van der Waals surface area contributed by atoms with Gasteiger partial charge in [0.1, 0.15) is 8.24 Å². The van der Waals surface area contributed by atoms with Crippen LogP contribution in [0.3, 0.4) is 0 Å². The fourth-order valence-electron chi connectivity index (χ4n) is 2.18. The molecule has 0 amide bonds. The van der Waals surface area contributed by atoms with Crippen molar-refractivity contribution in [3.05, 3.63) is 35.9 Å². The molecule has 0 unspecified atom stereocenters. The molecule has 1 aromatic rings. The normalized spacial score (nSPS) is 12.3. The molecule has 152 valence electrons. The molecule has 0 saturated carbocycles. The lowest BCUT2D eigenvalue weighted by molar-refractivity contribution is 0.107. The molecule has 1 rings (SSSR count). The fourth-order valence-corrected chi connectivity index (χ4v) is 5.01. The van der Waals surface area contributed by atoms with E-state index in [1.54, 1.807) is 0 Å². The average molecular weight is 400 g/mol. The van der Waals surface area contributed by atoms with Crippen LogP contribution in [0, 0.1) is 0 Å². The van der Waals surface area contributed by atoms with E-state index in [0.717, 1.165) is 6.54 Å². The van der Waals surface area contributed by atoms with Gasteiger partial charge in [0.2, 0.25) is 0 Å². The predicted octanol–water partition coefficient (Wildman–Crippen LogP) is 4.94. The molecule has 4 nitrogen and oxygen atoms in total. The van der Waals surface area contributed by atoms with Crippen LogP contribution in [0.25, 0.3) is 0 Å². The summed E-state index contributed by atoms with van der Waals surface area (Å²) in [6, 6.07) is 10.7. The largest absolute Gasteiger partial charge is 0.484 e. The van der Waals surface area contributed by atoms with E-state index in [9.17, 15) is 0 Å². The second-order valence-electron chi connectivity index (χ2n) is 7.81. The molecule has 0 N–H and O–H groups in total. The van der Waals surface area contributed by atoms with Gasteiger partial charge in [-0.2, -0.15) is 0 Å². The third-order valence-electron chi connectivity index (χ3n) is 4.96. The summed E-state index contributed by atoms with van der Waals surface area (Å²) >= 11 is 0. The van der Waals surface area contributed by atoms with Crippen molar-refractivity contribution in [2.45, 2.75) is 66.2 Å². The molecule has 26 heavy (non-hydrogen) atoms. The fraction of sp³-hybridized carbons (Fsp3) is 0.700. The Bertz CT molecular complexity index is 450. The minimum atomic E-state index is -1.73. The van der Waals surface area contributed by atoms with E-state index in [1.165, 1.54) is 5.56 Å². The van der Waals surface area contributed by atoms with E-state index in [2.05, 4.69) is 75.8 Å². The molecule has 1 aromatic carbocycles. The van der Waals surface area contributed by atoms with Gasteiger partial charge in [-0.25, -0.2) is 0 Å². The molecule has 0 heterocycles. The predicted molar refractivity (Wildman–Crippen MR) is 117 cm³/mol. The first-order valence-electron chi connectivity index (χ1n) is 9.70. The first kappa shape index (κ1) is 25.5. The summed E-state index contributed by atoms with van der Waals surface area (Å²) in [5.41, 5.74) is 1.41. The van der Waals surface area contributed by atoms with Crippen LogP contribution in [-0.4, -0.2) is 49.2 Å². The lowest BCUT2D eigenvalue weighted by Crippen LogP contribution is -2.52. The quantitative estimate of drug-likeness (QED) is 0.551. The van der Waals surface area contributed by atoms with Crippen molar-refractivity contribution in [1.82, 2.24) is 4.57 Å².